The van der Waals surface area contributed by atoms with Gasteiger partial charge in [-0.3, -0.25) is 0 Å². The van der Waals surface area contributed by atoms with Crippen LogP contribution in [0.15, 0.2) is 52.0 Å². The number of halogens is 2. The van der Waals surface area contributed by atoms with Crippen molar-refractivity contribution >= 4 is 23.4 Å². The molecule has 0 saturated carbocycles. The monoisotopic (exact) mass is 401 g/mol. The highest BCUT2D eigenvalue weighted by molar-refractivity contribution is 6.33. The second-order valence-corrected chi connectivity index (χ2v) is 6.44. The molecule has 28 heavy (non-hydrogen) atoms. The number of hydrogen-bond acceptors (Lipinski definition) is 6. The largest absolute Gasteiger partial charge is 0.478 e. The SMILES string of the molecule is Cc1onc(-c2c(F)cccc2Cl)c1C1N=C(c2cccc(C(=O)O)c2)NO1. The number of hydrogen-bond donors (Lipinski definition) is 2. The molecule has 1 aliphatic rings. The standard InChI is InChI=1S/C19H13ClFN3O4/c1-9-14(16(23-27-9)15-12(20)6-3-7-13(15)21)18-22-17(24-28-18)10-4-2-5-11(8-10)19(25)26/h2-8,18H,1H3,(H,22,24)(H,25,26). The number of amidine groups is 1. The van der Waals surface area contributed by atoms with Crippen LogP contribution in [0.5, 0.6) is 0 Å². The van der Waals surface area contributed by atoms with E-state index in [0.29, 0.717) is 22.7 Å². The molecule has 2 aromatic carbocycles. The van der Waals surface area contributed by atoms with Crippen molar-refractivity contribution in [3.8, 4) is 11.3 Å². The first kappa shape index (κ1) is 18.1. The second-order valence-electron chi connectivity index (χ2n) is 6.03. The molecule has 0 spiro atoms. The minimum absolute atomic E-state index is 0.0936. The fourth-order valence-corrected chi connectivity index (χ4v) is 3.16. The molecule has 4 rings (SSSR count). The Morgan fingerprint density at radius 2 is 2.07 bits per heavy atom. The summed E-state index contributed by atoms with van der Waals surface area (Å²) in [5.74, 6) is -0.875. The average molecular weight is 402 g/mol. The predicted octanol–water partition coefficient (Wildman–Crippen LogP) is 4.12. The summed E-state index contributed by atoms with van der Waals surface area (Å²) in [6.07, 6.45) is -0.875. The van der Waals surface area contributed by atoms with Gasteiger partial charge < -0.3 is 9.63 Å². The molecule has 9 heteroatoms. The van der Waals surface area contributed by atoms with Crippen LogP contribution in [0.25, 0.3) is 11.3 Å². The summed E-state index contributed by atoms with van der Waals surface area (Å²) in [6, 6.07) is 10.6. The number of aromatic nitrogens is 1. The fourth-order valence-electron chi connectivity index (χ4n) is 2.91. The number of carboxylic acids is 1. The molecule has 1 atom stereocenters. The first-order chi connectivity index (χ1) is 13.5. The lowest BCUT2D eigenvalue weighted by Gasteiger charge is -2.08. The Morgan fingerprint density at radius 3 is 2.82 bits per heavy atom. The number of carbonyl (C=O) groups is 1. The second kappa shape index (κ2) is 7.06. The molecule has 2 N–H and O–H groups in total. The summed E-state index contributed by atoms with van der Waals surface area (Å²) in [6.45, 7) is 1.66. The zero-order chi connectivity index (χ0) is 19.8. The molecule has 1 aliphatic heterocycles. The number of aryl methyl sites for hydroxylation is 1. The van der Waals surface area contributed by atoms with Crippen LogP contribution in [0, 0.1) is 12.7 Å². The highest BCUT2D eigenvalue weighted by atomic mass is 35.5. The number of aromatic carboxylic acids is 1. The molecular formula is C19H13ClFN3O4. The number of aliphatic imine (C=N–C) groups is 1. The van der Waals surface area contributed by atoms with Crippen molar-refractivity contribution in [3.63, 3.8) is 0 Å². The topological polar surface area (TPSA) is 97.0 Å². The van der Waals surface area contributed by atoms with Gasteiger partial charge in [0.25, 0.3) is 0 Å². The first-order valence-electron chi connectivity index (χ1n) is 8.19. The lowest BCUT2D eigenvalue weighted by Crippen LogP contribution is -2.18. The molecule has 0 bridgehead atoms. The van der Waals surface area contributed by atoms with Crippen LogP contribution >= 0.6 is 11.6 Å². The Labute approximate surface area is 163 Å². The molecule has 1 unspecified atom stereocenters. The Hall–Kier alpha value is -3.23. The van der Waals surface area contributed by atoms with Gasteiger partial charge in [0, 0.05) is 5.56 Å². The van der Waals surface area contributed by atoms with Crippen molar-refractivity contribution in [2.45, 2.75) is 13.2 Å². The van der Waals surface area contributed by atoms with Crippen molar-refractivity contribution in [2.75, 3.05) is 0 Å². The number of nitrogens with zero attached hydrogens (tertiary/aromatic N) is 2. The van der Waals surface area contributed by atoms with E-state index in [2.05, 4.69) is 15.6 Å². The van der Waals surface area contributed by atoms with Gasteiger partial charge in [-0.15, -0.1) is 0 Å². The molecule has 3 aromatic rings. The smallest absolute Gasteiger partial charge is 0.335 e. The molecule has 142 valence electrons. The zero-order valence-corrected chi connectivity index (χ0v) is 15.2. The fraction of sp³-hybridized carbons (Fsp3) is 0.105. The Kier molecular flexibility index (Phi) is 4.58. The molecule has 0 amide bonds. The van der Waals surface area contributed by atoms with Crippen LogP contribution in [-0.2, 0) is 4.84 Å². The Bertz CT molecular complexity index is 1090. The number of hydroxylamine groups is 1. The average Bonchev–Trinajstić information content (AvgIpc) is 3.29. The molecule has 0 saturated heterocycles. The van der Waals surface area contributed by atoms with Crippen molar-refractivity contribution in [2.24, 2.45) is 4.99 Å². The molecule has 1 aromatic heterocycles. The minimum atomic E-state index is -1.05. The minimum Gasteiger partial charge on any atom is -0.478 e. The van der Waals surface area contributed by atoms with E-state index >= 15 is 0 Å². The Balaban J connectivity index is 1.75. The summed E-state index contributed by atoms with van der Waals surface area (Å²) in [5, 5.41) is 13.3. The zero-order valence-electron chi connectivity index (χ0n) is 14.4. The van der Waals surface area contributed by atoms with Crippen LogP contribution in [0.4, 0.5) is 4.39 Å². The third-order valence-electron chi connectivity index (χ3n) is 4.25. The highest BCUT2D eigenvalue weighted by Gasteiger charge is 2.31. The first-order valence-corrected chi connectivity index (χ1v) is 8.57. The van der Waals surface area contributed by atoms with Gasteiger partial charge in [-0.1, -0.05) is 35.0 Å². The highest BCUT2D eigenvalue weighted by Crippen LogP contribution is 2.38. The molecule has 0 fully saturated rings. The number of nitrogens with one attached hydrogen (secondary N) is 1. The van der Waals surface area contributed by atoms with Crippen LogP contribution in [0.1, 0.15) is 33.5 Å². The van der Waals surface area contributed by atoms with Gasteiger partial charge in [0.2, 0.25) is 6.23 Å². The van der Waals surface area contributed by atoms with E-state index in [-0.39, 0.29) is 21.8 Å². The van der Waals surface area contributed by atoms with Crippen LogP contribution in [0.3, 0.4) is 0 Å². The maximum atomic E-state index is 14.4. The van der Waals surface area contributed by atoms with Crippen molar-refractivity contribution in [1.29, 1.82) is 0 Å². The van der Waals surface area contributed by atoms with E-state index in [1.54, 1.807) is 25.1 Å². The molecule has 7 nitrogen and oxygen atoms in total. The molecule has 2 heterocycles. The lowest BCUT2D eigenvalue weighted by molar-refractivity contribution is 0.0371. The van der Waals surface area contributed by atoms with E-state index in [1.807, 2.05) is 0 Å². The van der Waals surface area contributed by atoms with E-state index in [9.17, 15) is 9.18 Å². The Morgan fingerprint density at radius 1 is 1.29 bits per heavy atom. The summed E-state index contributed by atoms with van der Waals surface area (Å²) >= 11 is 6.15. The lowest BCUT2D eigenvalue weighted by atomic mass is 10.0. The maximum absolute atomic E-state index is 14.4. The van der Waals surface area contributed by atoms with E-state index in [4.69, 9.17) is 26.1 Å². The quantitative estimate of drug-likeness (QED) is 0.682. The van der Waals surface area contributed by atoms with E-state index < -0.39 is 18.0 Å². The van der Waals surface area contributed by atoms with E-state index in [1.165, 1.54) is 24.3 Å². The van der Waals surface area contributed by atoms with Gasteiger partial charge in [-0.05, 0) is 31.2 Å². The maximum Gasteiger partial charge on any atom is 0.335 e. The van der Waals surface area contributed by atoms with Crippen molar-refractivity contribution < 1.29 is 23.7 Å². The van der Waals surface area contributed by atoms with E-state index in [0.717, 1.165) is 0 Å². The van der Waals surface area contributed by atoms with Gasteiger partial charge in [0.1, 0.15) is 17.3 Å². The van der Waals surface area contributed by atoms with Crippen LogP contribution < -0.4 is 5.48 Å². The van der Waals surface area contributed by atoms with Crippen LogP contribution in [0.2, 0.25) is 5.02 Å². The van der Waals surface area contributed by atoms with Crippen molar-refractivity contribution in [1.82, 2.24) is 10.6 Å². The summed E-state index contributed by atoms with van der Waals surface area (Å²) in [5.41, 5.74) is 4.02. The van der Waals surface area contributed by atoms with Gasteiger partial charge in [-0.2, -0.15) is 0 Å². The third-order valence-corrected chi connectivity index (χ3v) is 4.57. The third kappa shape index (κ3) is 3.12. The normalized spacial score (nSPS) is 16.0. The van der Waals surface area contributed by atoms with Gasteiger partial charge in [-0.25, -0.2) is 24.5 Å². The van der Waals surface area contributed by atoms with Crippen molar-refractivity contribution in [3.05, 3.63) is 75.8 Å². The predicted molar refractivity (Wildman–Crippen MR) is 98.5 cm³/mol. The van der Waals surface area contributed by atoms with Gasteiger partial charge >= 0.3 is 5.97 Å². The number of carboxylic acid groups (broad SMARTS) is 1. The van der Waals surface area contributed by atoms with Crippen LogP contribution in [-0.4, -0.2) is 22.1 Å². The summed E-state index contributed by atoms with van der Waals surface area (Å²) < 4.78 is 19.6. The molecular weight excluding hydrogens is 389 g/mol. The number of rotatable bonds is 4. The summed E-state index contributed by atoms with van der Waals surface area (Å²) in [4.78, 5) is 21.1. The molecule has 0 aliphatic carbocycles. The molecule has 0 radical (unpaired) electrons. The van der Waals surface area contributed by atoms with Gasteiger partial charge in [0.05, 0.1) is 21.7 Å². The number of benzene rings is 2. The summed E-state index contributed by atoms with van der Waals surface area (Å²) in [7, 11) is 0. The van der Waals surface area contributed by atoms with Gasteiger partial charge in [0.15, 0.2) is 5.84 Å².